The second-order valence-electron chi connectivity index (χ2n) is 4.10. The second kappa shape index (κ2) is 2.98. The first-order chi connectivity index (χ1) is 6.23. The van der Waals surface area contributed by atoms with Crippen LogP contribution in [0.4, 0.5) is 5.82 Å². The van der Waals surface area contributed by atoms with E-state index in [9.17, 15) is 0 Å². The molecule has 2 heterocycles. The highest BCUT2D eigenvalue weighted by molar-refractivity contribution is 5.41. The number of nitrogens with zero attached hydrogens (tertiary/aromatic N) is 3. The molecule has 0 amide bonds. The van der Waals surface area contributed by atoms with Crippen LogP contribution in [0, 0.1) is 5.41 Å². The van der Waals surface area contributed by atoms with Crippen LogP contribution in [0.25, 0.3) is 0 Å². The summed E-state index contributed by atoms with van der Waals surface area (Å²) in [6.07, 6.45) is 2.95. The van der Waals surface area contributed by atoms with Crippen LogP contribution in [0.5, 0.6) is 0 Å². The zero-order valence-electron chi connectivity index (χ0n) is 8.20. The molecule has 70 valence electrons. The molecule has 0 aromatic carbocycles. The fourth-order valence-electron chi connectivity index (χ4n) is 1.72. The highest BCUT2D eigenvalue weighted by Crippen LogP contribution is 2.35. The van der Waals surface area contributed by atoms with Gasteiger partial charge in [0, 0.05) is 24.7 Å². The second-order valence-corrected chi connectivity index (χ2v) is 4.10. The van der Waals surface area contributed by atoms with Gasteiger partial charge in [-0.15, -0.1) is 5.10 Å². The van der Waals surface area contributed by atoms with Crippen LogP contribution < -0.4 is 4.90 Å². The number of hydrogen-bond acceptors (Lipinski definition) is 3. The summed E-state index contributed by atoms with van der Waals surface area (Å²) in [6.45, 7) is 6.79. The number of rotatable bonds is 2. The van der Waals surface area contributed by atoms with Crippen LogP contribution in [-0.2, 0) is 0 Å². The van der Waals surface area contributed by atoms with Crippen molar-refractivity contribution in [2.45, 2.75) is 20.3 Å². The third kappa shape index (κ3) is 1.50. The molecule has 13 heavy (non-hydrogen) atoms. The van der Waals surface area contributed by atoms with Gasteiger partial charge in [-0.1, -0.05) is 13.8 Å². The fraction of sp³-hybridized carbons (Fsp3) is 0.600. The van der Waals surface area contributed by atoms with Crippen LogP contribution in [0.1, 0.15) is 20.3 Å². The summed E-state index contributed by atoms with van der Waals surface area (Å²) >= 11 is 0. The van der Waals surface area contributed by atoms with Gasteiger partial charge in [0.05, 0.1) is 0 Å². The number of anilines is 1. The van der Waals surface area contributed by atoms with Gasteiger partial charge in [0.15, 0.2) is 5.82 Å². The Balaban J connectivity index is 2.01. The van der Waals surface area contributed by atoms with Crippen molar-refractivity contribution in [1.82, 2.24) is 10.2 Å². The van der Waals surface area contributed by atoms with E-state index in [4.69, 9.17) is 0 Å². The molecular weight excluding hydrogens is 162 g/mol. The summed E-state index contributed by atoms with van der Waals surface area (Å²) in [5.74, 6) is 1.01. The zero-order valence-corrected chi connectivity index (χ0v) is 8.20. The Morgan fingerprint density at radius 3 is 2.85 bits per heavy atom. The lowest BCUT2D eigenvalue weighted by molar-refractivity contribution is 0.232. The maximum atomic E-state index is 4.08. The van der Waals surface area contributed by atoms with E-state index in [0.29, 0.717) is 5.41 Å². The van der Waals surface area contributed by atoms with E-state index in [0.717, 1.165) is 18.9 Å². The molecule has 0 saturated carbocycles. The Morgan fingerprint density at radius 2 is 2.31 bits per heavy atom. The summed E-state index contributed by atoms with van der Waals surface area (Å²) < 4.78 is 0. The lowest BCUT2D eigenvalue weighted by Crippen LogP contribution is -2.54. The molecule has 1 fully saturated rings. The van der Waals surface area contributed by atoms with Gasteiger partial charge in [0.2, 0.25) is 0 Å². The molecule has 0 aliphatic carbocycles. The van der Waals surface area contributed by atoms with Crippen molar-refractivity contribution in [2.75, 3.05) is 18.0 Å². The van der Waals surface area contributed by atoms with Crippen molar-refractivity contribution >= 4 is 5.82 Å². The minimum atomic E-state index is 0.498. The molecule has 0 radical (unpaired) electrons. The molecule has 1 aliphatic heterocycles. The summed E-state index contributed by atoms with van der Waals surface area (Å²) in [4.78, 5) is 2.27. The largest absolute Gasteiger partial charge is 0.354 e. The van der Waals surface area contributed by atoms with Crippen molar-refractivity contribution in [3.8, 4) is 0 Å². The van der Waals surface area contributed by atoms with Crippen LogP contribution in [-0.4, -0.2) is 23.3 Å². The monoisotopic (exact) mass is 177 g/mol. The Hall–Kier alpha value is -1.12. The zero-order chi connectivity index (χ0) is 9.31. The van der Waals surface area contributed by atoms with E-state index in [-0.39, 0.29) is 0 Å². The van der Waals surface area contributed by atoms with Crippen molar-refractivity contribution in [1.29, 1.82) is 0 Å². The molecule has 0 bridgehead atoms. The average molecular weight is 177 g/mol. The highest BCUT2D eigenvalue weighted by atomic mass is 15.3. The number of aromatic nitrogens is 2. The topological polar surface area (TPSA) is 29.0 Å². The van der Waals surface area contributed by atoms with Gasteiger partial charge in [0.1, 0.15) is 0 Å². The van der Waals surface area contributed by atoms with Crippen LogP contribution >= 0.6 is 0 Å². The number of hydrogen-bond donors (Lipinski definition) is 0. The van der Waals surface area contributed by atoms with Gasteiger partial charge in [-0.3, -0.25) is 0 Å². The van der Waals surface area contributed by atoms with Crippen LogP contribution in [0.2, 0.25) is 0 Å². The van der Waals surface area contributed by atoms with E-state index in [1.807, 2.05) is 12.1 Å². The summed E-state index contributed by atoms with van der Waals surface area (Å²) in [6, 6.07) is 3.95. The van der Waals surface area contributed by atoms with E-state index in [1.54, 1.807) is 6.20 Å². The smallest absolute Gasteiger partial charge is 0.151 e. The van der Waals surface area contributed by atoms with Crippen molar-refractivity contribution in [3.63, 3.8) is 0 Å². The Kier molecular flexibility index (Phi) is 1.94. The first-order valence-electron chi connectivity index (χ1n) is 4.76. The Bertz CT molecular complexity index is 277. The fourth-order valence-corrected chi connectivity index (χ4v) is 1.72. The van der Waals surface area contributed by atoms with E-state index in [2.05, 4.69) is 28.9 Å². The molecule has 0 N–H and O–H groups in total. The predicted molar refractivity (Wildman–Crippen MR) is 52.6 cm³/mol. The lowest BCUT2D eigenvalue weighted by Gasteiger charge is -2.48. The van der Waals surface area contributed by atoms with Crippen LogP contribution in [0.15, 0.2) is 18.3 Å². The maximum Gasteiger partial charge on any atom is 0.151 e. The summed E-state index contributed by atoms with van der Waals surface area (Å²) in [5, 5.41) is 7.95. The highest BCUT2D eigenvalue weighted by Gasteiger charge is 2.37. The van der Waals surface area contributed by atoms with Crippen molar-refractivity contribution in [2.24, 2.45) is 5.41 Å². The first-order valence-corrected chi connectivity index (χ1v) is 4.76. The molecule has 0 unspecified atom stereocenters. The first kappa shape index (κ1) is 8.48. The normalized spacial score (nSPS) is 19.7. The SMILES string of the molecule is CCC1(C)CN(c2cccnn2)C1. The van der Waals surface area contributed by atoms with Gasteiger partial charge in [-0.05, 0) is 18.6 Å². The molecule has 3 heteroatoms. The van der Waals surface area contributed by atoms with E-state index in [1.165, 1.54) is 6.42 Å². The van der Waals surface area contributed by atoms with E-state index < -0.39 is 0 Å². The van der Waals surface area contributed by atoms with Crippen molar-refractivity contribution in [3.05, 3.63) is 18.3 Å². The molecule has 1 aliphatic rings. The quantitative estimate of drug-likeness (QED) is 0.688. The molecule has 3 nitrogen and oxygen atoms in total. The maximum absolute atomic E-state index is 4.08. The minimum Gasteiger partial charge on any atom is -0.354 e. The molecular formula is C10H15N3. The molecule has 1 aromatic rings. The Labute approximate surface area is 78.8 Å². The minimum absolute atomic E-state index is 0.498. The predicted octanol–water partition coefficient (Wildman–Crippen LogP) is 1.71. The molecule has 2 rings (SSSR count). The average Bonchev–Trinajstić information content (AvgIpc) is 2.14. The van der Waals surface area contributed by atoms with Gasteiger partial charge >= 0.3 is 0 Å². The van der Waals surface area contributed by atoms with Gasteiger partial charge in [-0.25, -0.2) is 0 Å². The lowest BCUT2D eigenvalue weighted by atomic mass is 9.79. The molecule has 0 spiro atoms. The van der Waals surface area contributed by atoms with Crippen molar-refractivity contribution < 1.29 is 0 Å². The third-order valence-electron chi connectivity index (χ3n) is 2.88. The van der Waals surface area contributed by atoms with E-state index >= 15 is 0 Å². The molecule has 1 aromatic heterocycles. The van der Waals surface area contributed by atoms with Gasteiger partial charge < -0.3 is 4.90 Å². The summed E-state index contributed by atoms with van der Waals surface area (Å²) in [7, 11) is 0. The third-order valence-corrected chi connectivity index (χ3v) is 2.88. The summed E-state index contributed by atoms with van der Waals surface area (Å²) in [5.41, 5.74) is 0.498. The Morgan fingerprint density at radius 1 is 1.54 bits per heavy atom. The standard InChI is InChI=1S/C10H15N3/c1-3-10(2)7-13(8-10)9-5-4-6-11-12-9/h4-6H,3,7-8H2,1-2H3. The molecule has 1 saturated heterocycles. The molecule has 0 atom stereocenters. The van der Waals surface area contributed by atoms with Gasteiger partial charge in [0.25, 0.3) is 0 Å². The van der Waals surface area contributed by atoms with Gasteiger partial charge in [-0.2, -0.15) is 5.10 Å². The van der Waals surface area contributed by atoms with Crippen LogP contribution in [0.3, 0.4) is 0 Å².